The highest BCUT2D eigenvalue weighted by molar-refractivity contribution is 7.99. The van der Waals surface area contributed by atoms with E-state index in [1.54, 1.807) is 23.9 Å². The molecule has 0 saturated heterocycles. The molecule has 8 heteroatoms. The molecule has 20 heavy (non-hydrogen) atoms. The first-order valence-corrected chi connectivity index (χ1v) is 7.02. The number of tetrazole rings is 1. The quantitative estimate of drug-likeness (QED) is 0.726. The van der Waals surface area contributed by atoms with Crippen molar-refractivity contribution in [3.8, 4) is 0 Å². The summed E-state index contributed by atoms with van der Waals surface area (Å²) in [6.07, 6.45) is 0.407. The van der Waals surface area contributed by atoms with Gasteiger partial charge >= 0.3 is 0 Å². The molecule has 0 saturated carbocycles. The van der Waals surface area contributed by atoms with E-state index in [0.29, 0.717) is 22.9 Å². The molecule has 0 radical (unpaired) electrons. The van der Waals surface area contributed by atoms with Crippen LogP contribution in [0.1, 0.15) is 12.0 Å². The van der Waals surface area contributed by atoms with Gasteiger partial charge in [-0.05, 0) is 22.4 Å². The molecule has 0 fully saturated rings. The maximum Gasteiger partial charge on any atom is 0.242 e. The summed E-state index contributed by atoms with van der Waals surface area (Å²) in [5.74, 6) is 0.0446. The lowest BCUT2D eigenvalue weighted by Gasteiger charge is -2.26. The highest BCUT2D eigenvalue weighted by atomic mass is 32.2. The van der Waals surface area contributed by atoms with Crippen LogP contribution in [-0.4, -0.2) is 31.9 Å². The number of rotatable bonds is 6. The van der Waals surface area contributed by atoms with Crippen LogP contribution in [0, 0.1) is 0 Å². The van der Waals surface area contributed by atoms with E-state index in [-0.39, 0.29) is 0 Å². The fraction of sp³-hybridized carbons (Fsp3) is 0.333. The molecular weight excluding hydrogens is 276 g/mol. The number of primary amides is 1. The van der Waals surface area contributed by atoms with Crippen molar-refractivity contribution in [3.05, 3.63) is 35.9 Å². The van der Waals surface area contributed by atoms with Gasteiger partial charge in [0.05, 0.1) is 0 Å². The molecule has 1 aromatic heterocycles. The Morgan fingerprint density at radius 2 is 2.10 bits per heavy atom. The molecule has 106 valence electrons. The van der Waals surface area contributed by atoms with Gasteiger partial charge in [-0.3, -0.25) is 4.79 Å². The standard InChI is InChI=1S/C12H16N6OS/c1-18-11(15-16-17-18)20-8-7-12(14,10(13)19)9-5-3-2-4-6-9/h2-6H,7-8,14H2,1H3,(H2,13,19). The van der Waals surface area contributed by atoms with Crippen molar-refractivity contribution < 1.29 is 4.79 Å². The second kappa shape index (κ2) is 6.02. The van der Waals surface area contributed by atoms with Crippen molar-refractivity contribution in [2.45, 2.75) is 17.1 Å². The number of carbonyl (C=O) groups is 1. The van der Waals surface area contributed by atoms with Gasteiger partial charge in [0, 0.05) is 12.8 Å². The van der Waals surface area contributed by atoms with Crippen LogP contribution < -0.4 is 11.5 Å². The Hall–Kier alpha value is -1.93. The number of benzene rings is 1. The van der Waals surface area contributed by atoms with Crippen LogP contribution in [0.2, 0.25) is 0 Å². The number of hydrogen-bond acceptors (Lipinski definition) is 6. The summed E-state index contributed by atoms with van der Waals surface area (Å²) in [4.78, 5) is 11.7. The third-order valence-electron chi connectivity index (χ3n) is 3.04. The van der Waals surface area contributed by atoms with Crippen LogP contribution in [0.3, 0.4) is 0 Å². The molecule has 4 N–H and O–H groups in total. The third kappa shape index (κ3) is 2.97. The zero-order valence-corrected chi connectivity index (χ0v) is 11.9. The maximum absolute atomic E-state index is 11.7. The number of aryl methyl sites for hydroxylation is 1. The van der Waals surface area contributed by atoms with Crippen LogP contribution in [0.4, 0.5) is 0 Å². The molecule has 1 heterocycles. The molecule has 1 aromatic carbocycles. The normalized spacial score (nSPS) is 13.9. The molecule has 2 rings (SSSR count). The molecule has 2 aromatic rings. The van der Waals surface area contributed by atoms with Gasteiger partial charge < -0.3 is 11.5 Å². The van der Waals surface area contributed by atoms with Crippen molar-refractivity contribution in [2.24, 2.45) is 18.5 Å². The van der Waals surface area contributed by atoms with E-state index in [2.05, 4.69) is 15.5 Å². The number of amides is 1. The minimum absolute atomic E-state index is 0.407. The molecule has 0 aliphatic heterocycles. The Morgan fingerprint density at radius 3 is 2.65 bits per heavy atom. The van der Waals surface area contributed by atoms with Gasteiger partial charge in [-0.2, -0.15) is 0 Å². The zero-order valence-electron chi connectivity index (χ0n) is 11.1. The first-order chi connectivity index (χ1) is 9.54. The van der Waals surface area contributed by atoms with Crippen LogP contribution in [-0.2, 0) is 17.4 Å². The Balaban J connectivity index is 2.07. The summed E-state index contributed by atoms with van der Waals surface area (Å²) in [5.41, 5.74) is 11.2. The number of thioether (sulfide) groups is 1. The van der Waals surface area contributed by atoms with Gasteiger partial charge in [0.1, 0.15) is 5.54 Å². The molecule has 0 bridgehead atoms. The van der Waals surface area contributed by atoms with Gasteiger partial charge in [0.2, 0.25) is 11.1 Å². The van der Waals surface area contributed by atoms with Gasteiger partial charge in [-0.15, -0.1) is 5.10 Å². The lowest BCUT2D eigenvalue weighted by Crippen LogP contribution is -2.49. The fourth-order valence-corrected chi connectivity index (χ4v) is 2.72. The summed E-state index contributed by atoms with van der Waals surface area (Å²) >= 11 is 1.43. The zero-order chi connectivity index (χ0) is 14.6. The van der Waals surface area contributed by atoms with Gasteiger partial charge in [0.25, 0.3) is 0 Å². The lowest BCUT2D eigenvalue weighted by atomic mass is 9.88. The summed E-state index contributed by atoms with van der Waals surface area (Å²) in [6.45, 7) is 0. The monoisotopic (exact) mass is 292 g/mol. The van der Waals surface area contributed by atoms with Crippen LogP contribution >= 0.6 is 11.8 Å². The highest BCUT2D eigenvalue weighted by Crippen LogP contribution is 2.25. The smallest absolute Gasteiger partial charge is 0.242 e. The minimum atomic E-state index is -1.18. The number of nitrogens with zero attached hydrogens (tertiary/aromatic N) is 4. The summed E-state index contributed by atoms with van der Waals surface area (Å²) in [7, 11) is 1.75. The first kappa shape index (κ1) is 14.5. The Bertz CT molecular complexity index is 587. The largest absolute Gasteiger partial charge is 0.368 e. The van der Waals surface area contributed by atoms with Crippen molar-refractivity contribution in [3.63, 3.8) is 0 Å². The van der Waals surface area contributed by atoms with Crippen LogP contribution in [0.5, 0.6) is 0 Å². The summed E-state index contributed by atoms with van der Waals surface area (Å²) in [5, 5.41) is 11.8. The van der Waals surface area contributed by atoms with Gasteiger partial charge in [0.15, 0.2) is 0 Å². The van der Waals surface area contributed by atoms with E-state index in [4.69, 9.17) is 11.5 Å². The number of aromatic nitrogens is 4. The van der Waals surface area contributed by atoms with E-state index in [9.17, 15) is 4.79 Å². The Kier molecular flexibility index (Phi) is 4.35. The average Bonchev–Trinajstić information content (AvgIpc) is 2.85. The lowest BCUT2D eigenvalue weighted by molar-refractivity contribution is -0.123. The first-order valence-electron chi connectivity index (χ1n) is 6.03. The van der Waals surface area contributed by atoms with E-state index in [0.717, 1.165) is 0 Å². The van der Waals surface area contributed by atoms with E-state index in [1.165, 1.54) is 11.8 Å². The van der Waals surface area contributed by atoms with E-state index < -0.39 is 11.4 Å². The average molecular weight is 292 g/mol. The van der Waals surface area contributed by atoms with Gasteiger partial charge in [-0.1, -0.05) is 42.1 Å². The SMILES string of the molecule is Cn1nnnc1SCCC(N)(C(N)=O)c1ccccc1. The molecule has 1 amide bonds. The predicted molar refractivity (Wildman–Crippen MR) is 75.6 cm³/mol. The van der Waals surface area contributed by atoms with Crippen molar-refractivity contribution in [1.29, 1.82) is 0 Å². The van der Waals surface area contributed by atoms with Crippen LogP contribution in [0.25, 0.3) is 0 Å². The number of hydrogen-bond donors (Lipinski definition) is 2. The molecule has 0 aliphatic rings. The van der Waals surface area contributed by atoms with Gasteiger partial charge in [-0.25, -0.2) is 4.68 Å². The topological polar surface area (TPSA) is 113 Å². The molecule has 0 aliphatic carbocycles. The van der Waals surface area contributed by atoms with Crippen molar-refractivity contribution >= 4 is 17.7 Å². The molecule has 7 nitrogen and oxygen atoms in total. The molecule has 1 unspecified atom stereocenters. The summed E-state index contributed by atoms with van der Waals surface area (Å²) < 4.78 is 1.57. The van der Waals surface area contributed by atoms with Crippen LogP contribution in [0.15, 0.2) is 35.5 Å². The van der Waals surface area contributed by atoms with E-state index in [1.807, 2.05) is 18.2 Å². The Morgan fingerprint density at radius 1 is 1.40 bits per heavy atom. The molecule has 0 spiro atoms. The van der Waals surface area contributed by atoms with Crippen molar-refractivity contribution in [1.82, 2.24) is 20.2 Å². The number of carbonyl (C=O) groups excluding carboxylic acids is 1. The second-order valence-corrected chi connectivity index (χ2v) is 5.45. The third-order valence-corrected chi connectivity index (χ3v) is 4.05. The minimum Gasteiger partial charge on any atom is -0.368 e. The highest BCUT2D eigenvalue weighted by Gasteiger charge is 2.33. The molecular formula is C12H16N6OS. The number of nitrogens with two attached hydrogens (primary N) is 2. The van der Waals surface area contributed by atoms with Crippen molar-refractivity contribution in [2.75, 3.05) is 5.75 Å². The summed E-state index contributed by atoms with van der Waals surface area (Å²) in [6, 6.07) is 9.14. The van der Waals surface area contributed by atoms with E-state index >= 15 is 0 Å². The maximum atomic E-state index is 11.7. The predicted octanol–water partition coefficient (Wildman–Crippen LogP) is 0.0318. The second-order valence-electron chi connectivity index (χ2n) is 4.39. The Labute approximate surface area is 120 Å². The fourth-order valence-electron chi connectivity index (χ4n) is 1.79. The molecule has 1 atom stereocenters.